The lowest BCUT2D eigenvalue weighted by atomic mass is 10.0. The molecule has 1 N–H and O–H groups in total. The summed E-state index contributed by atoms with van der Waals surface area (Å²) in [6, 6.07) is 7.28. The molecular formula is C16H18Br2FNS. The standard InChI is InChI=1S/C16H18Br2FNS/c1-3-6-20-14(15-7-10(2)16(18)21-15)9-11-8-12(19)4-5-13(11)17/h4-5,7-8,14,20H,3,6,9H2,1-2H3. The van der Waals surface area contributed by atoms with Crippen molar-refractivity contribution in [1.29, 1.82) is 0 Å². The van der Waals surface area contributed by atoms with Crippen LogP contribution in [0.4, 0.5) is 4.39 Å². The van der Waals surface area contributed by atoms with Gasteiger partial charge in [-0.25, -0.2) is 4.39 Å². The first-order chi connectivity index (χ1) is 10.0. The first-order valence-corrected chi connectivity index (χ1v) is 9.34. The molecule has 0 aliphatic rings. The molecule has 21 heavy (non-hydrogen) atoms. The maximum Gasteiger partial charge on any atom is 0.123 e. The fourth-order valence-electron chi connectivity index (χ4n) is 2.17. The highest BCUT2D eigenvalue weighted by atomic mass is 79.9. The molecule has 2 rings (SSSR count). The van der Waals surface area contributed by atoms with E-state index in [2.05, 4.69) is 57.1 Å². The fraction of sp³-hybridized carbons (Fsp3) is 0.375. The average molecular weight is 435 g/mol. The van der Waals surface area contributed by atoms with Crippen LogP contribution in [0.3, 0.4) is 0 Å². The van der Waals surface area contributed by atoms with Crippen molar-refractivity contribution in [2.75, 3.05) is 6.54 Å². The van der Waals surface area contributed by atoms with Crippen LogP contribution in [-0.4, -0.2) is 6.54 Å². The van der Waals surface area contributed by atoms with Crippen LogP contribution in [0.5, 0.6) is 0 Å². The zero-order valence-corrected chi connectivity index (χ0v) is 16.0. The second-order valence-corrected chi connectivity index (χ2v) is 8.31. The predicted octanol–water partition coefficient (Wildman–Crippen LogP) is 6.00. The summed E-state index contributed by atoms with van der Waals surface area (Å²) in [5, 5.41) is 3.57. The van der Waals surface area contributed by atoms with Crippen LogP contribution < -0.4 is 5.32 Å². The largest absolute Gasteiger partial charge is 0.309 e. The van der Waals surface area contributed by atoms with E-state index in [1.807, 2.05) is 0 Å². The van der Waals surface area contributed by atoms with Gasteiger partial charge in [0.1, 0.15) is 5.82 Å². The van der Waals surface area contributed by atoms with Crippen LogP contribution in [-0.2, 0) is 6.42 Å². The topological polar surface area (TPSA) is 12.0 Å². The number of hydrogen-bond acceptors (Lipinski definition) is 2. The third kappa shape index (κ3) is 4.62. The van der Waals surface area contributed by atoms with Gasteiger partial charge in [-0.3, -0.25) is 0 Å². The van der Waals surface area contributed by atoms with Gasteiger partial charge >= 0.3 is 0 Å². The Morgan fingerprint density at radius 1 is 1.29 bits per heavy atom. The minimum absolute atomic E-state index is 0.189. The van der Waals surface area contributed by atoms with Crippen LogP contribution >= 0.6 is 43.2 Å². The van der Waals surface area contributed by atoms with Crippen LogP contribution in [0.25, 0.3) is 0 Å². The Hall–Kier alpha value is -0.230. The monoisotopic (exact) mass is 433 g/mol. The zero-order valence-electron chi connectivity index (χ0n) is 12.1. The van der Waals surface area contributed by atoms with Gasteiger partial charge in [0.05, 0.1) is 3.79 Å². The van der Waals surface area contributed by atoms with Crippen molar-refractivity contribution in [3.05, 3.63) is 54.3 Å². The first kappa shape index (κ1) is 17.1. The van der Waals surface area contributed by atoms with Crippen molar-refractivity contribution in [2.45, 2.75) is 32.7 Å². The molecule has 0 saturated heterocycles. The lowest BCUT2D eigenvalue weighted by molar-refractivity contribution is 0.533. The molecule has 1 aromatic carbocycles. The second-order valence-electron chi connectivity index (χ2n) is 5.05. The van der Waals surface area contributed by atoms with Crippen molar-refractivity contribution in [3.63, 3.8) is 0 Å². The molecule has 0 spiro atoms. The van der Waals surface area contributed by atoms with Gasteiger partial charge in [0.25, 0.3) is 0 Å². The number of rotatable bonds is 6. The lowest BCUT2D eigenvalue weighted by Gasteiger charge is -2.18. The van der Waals surface area contributed by atoms with Crippen LogP contribution in [0.2, 0.25) is 0 Å². The third-order valence-corrected chi connectivity index (χ3v) is 6.32. The Morgan fingerprint density at radius 3 is 2.67 bits per heavy atom. The van der Waals surface area contributed by atoms with Crippen molar-refractivity contribution in [1.82, 2.24) is 5.32 Å². The Morgan fingerprint density at radius 2 is 2.05 bits per heavy atom. The Labute approximate surface area is 146 Å². The van der Waals surface area contributed by atoms with E-state index < -0.39 is 0 Å². The van der Waals surface area contributed by atoms with E-state index in [1.165, 1.54) is 20.3 Å². The number of halogens is 3. The molecule has 0 aliphatic heterocycles. The van der Waals surface area contributed by atoms with Crippen LogP contribution in [0.15, 0.2) is 32.5 Å². The van der Waals surface area contributed by atoms with Crippen molar-refractivity contribution in [2.24, 2.45) is 0 Å². The summed E-state index contributed by atoms with van der Waals surface area (Å²) in [5.41, 5.74) is 2.24. The average Bonchev–Trinajstić information content (AvgIpc) is 2.78. The molecule has 1 aromatic heterocycles. The maximum absolute atomic E-state index is 13.5. The van der Waals surface area contributed by atoms with Gasteiger partial charge in [-0.2, -0.15) is 0 Å². The summed E-state index contributed by atoms with van der Waals surface area (Å²) in [6.07, 6.45) is 1.84. The second kappa shape index (κ2) is 7.86. The van der Waals surface area contributed by atoms with Gasteiger partial charge in [0.2, 0.25) is 0 Å². The summed E-state index contributed by atoms with van der Waals surface area (Å²) in [7, 11) is 0. The van der Waals surface area contributed by atoms with Crippen LogP contribution in [0, 0.1) is 12.7 Å². The minimum atomic E-state index is -0.189. The van der Waals surface area contributed by atoms with E-state index in [4.69, 9.17) is 0 Å². The maximum atomic E-state index is 13.5. The molecule has 0 radical (unpaired) electrons. The highest BCUT2D eigenvalue weighted by Crippen LogP contribution is 2.34. The van der Waals surface area contributed by atoms with Gasteiger partial charge < -0.3 is 5.32 Å². The number of aryl methyl sites for hydroxylation is 1. The molecular weight excluding hydrogens is 417 g/mol. The van der Waals surface area contributed by atoms with E-state index in [1.54, 1.807) is 23.5 Å². The van der Waals surface area contributed by atoms with Gasteiger partial charge in [-0.1, -0.05) is 22.9 Å². The molecule has 1 heterocycles. The molecule has 0 aliphatic carbocycles. The van der Waals surface area contributed by atoms with Crippen molar-refractivity contribution >= 4 is 43.2 Å². The smallest absolute Gasteiger partial charge is 0.123 e. The minimum Gasteiger partial charge on any atom is -0.309 e. The van der Waals surface area contributed by atoms with Crippen molar-refractivity contribution < 1.29 is 4.39 Å². The van der Waals surface area contributed by atoms with E-state index >= 15 is 0 Å². The molecule has 114 valence electrons. The highest BCUT2D eigenvalue weighted by Gasteiger charge is 2.17. The SMILES string of the molecule is CCCNC(Cc1cc(F)ccc1Br)c1cc(C)c(Br)s1. The molecule has 0 bridgehead atoms. The lowest BCUT2D eigenvalue weighted by Crippen LogP contribution is -2.23. The molecule has 5 heteroatoms. The van der Waals surface area contributed by atoms with E-state index in [-0.39, 0.29) is 11.9 Å². The van der Waals surface area contributed by atoms with E-state index in [9.17, 15) is 4.39 Å². The molecule has 0 amide bonds. The van der Waals surface area contributed by atoms with Gasteiger partial charge in [-0.15, -0.1) is 11.3 Å². The Balaban J connectivity index is 2.25. The molecule has 2 aromatic rings. The number of benzene rings is 1. The number of nitrogens with one attached hydrogen (secondary N) is 1. The highest BCUT2D eigenvalue weighted by molar-refractivity contribution is 9.11. The fourth-order valence-corrected chi connectivity index (χ4v) is 4.22. The normalized spacial score (nSPS) is 12.6. The zero-order chi connectivity index (χ0) is 15.4. The summed E-state index contributed by atoms with van der Waals surface area (Å²) >= 11 is 8.85. The first-order valence-electron chi connectivity index (χ1n) is 6.94. The summed E-state index contributed by atoms with van der Waals surface area (Å²) in [4.78, 5) is 1.28. The molecule has 1 nitrogen and oxygen atoms in total. The Bertz CT molecular complexity index is 593. The van der Waals surface area contributed by atoms with Gasteiger partial charge in [-0.05, 0) is 77.6 Å². The van der Waals surface area contributed by atoms with Crippen LogP contribution in [0.1, 0.15) is 35.4 Å². The van der Waals surface area contributed by atoms with Gasteiger partial charge in [0.15, 0.2) is 0 Å². The van der Waals surface area contributed by atoms with E-state index in [0.717, 1.165) is 29.4 Å². The van der Waals surface area contributed by atoms with Gasteiger partial charge in [0, 0.05) is 15.4 Å². The summed E-state index contributed by atoms with van der Waals surface area (Å²) in [5.74, 6) is -0.189. The summed E-state index contributed by atoms with van der Waals surface area (Å²) in [6.45, 7) is 5.20. The Kier molecular flexibility index (Phi) is 6.41. The molecule has 1 unspecified atom stereocenters. The quantitative estimate of drug-likeness (QED) is 0.587. The van der Waals surface area contributed by atoms with E-state index in [0.29, 0.717) is 0 Å². The number of thiophene rings is 1. The van der Waals surface area contributed by atoms with Crippen molar-refractivity contribution in [3.8, 4) is 0 Å². The molecule has 0 saturated carbocycles. The third-order valence-electron chi connectivity index (χ3n) is 3.29. The molecule has 0 fully saturated rings. The summed E-state index contributed by atoms with van der Waals surface area (Å²) < 4.78 is 15.6. The molecule has 1 atom stereocenters. The number of hydrogen-bond donors (Lipinski definition) is 1. The predicted molar refractivity (Wildman–Crippen MR) is 95.6 cm³/mol.